The van der Waals surface area contributed by atoms with Crippen LogP contribution in [0.5, 0.6) is 0 Å². The zero-order valence-corrected chi connectivity index (χ0v) is 9.98. The van der Waals surface area contributed by atoms with E-state index in [1.54, 1.807) is 30.5 Å². The van der Waals surface area contributed by atoms with Crippen LogP contribution in [-0.2, 0) is 9.84 Å². The van der Waals surface area contributed by atoms with Crippen molar-refractivity contribution in [2.45, 2.75) is 23.0 Å². The van der Waals surface area contributed by atoms with Crippen LogP contribution in [0, 0.1) is 0 Å². The van der Waals surface area contributed by atoms with E-state index in [1.165, 1.54) is 0 Å². The lowest BCUT2D eigenvalue weighted by Crippen LogP contribution is -2.06. The predicted molar refractivity (Wildman–Crippen MR) is 64.4 cm³/mol. The van der Waals surface area contributed by atoms with E-state index in [0.29, 0.717) is 4.90 Å². The summed E-state index contributed by atoms with van der Waals surface area (Å²) in [6, 6.07) is 10.5. The molecule has 2 aromatic rings. The van der Waals surface area contributed by atoms with Gasteiger partial charge in [0.2, 0.25) is 0 Å². The Bertz CT molecular complexity index is 605. The summed E-state index contributed by atoms with van der Waals surface area (Å²) in [5.74, 6) is 0.750. The minimum Gasteiger partial charge on any atom is -0.464 e. The summed E-state index contributed by atoms with van der Waals surface area (Å²) in [7, 11) is -3.08. The Morgan fingerprint density at radius 2 is 1.76 bits per heavy atom. The highest BCUT2D eigenvalue weighted by atomic mass is 32.2. The lowest BCUT2D eigenvalue weighted by Gasteiger charge is -2.03. The van der Waals surface area contributed by atoms with Gasteiger partial charge in [0, 0.05) is 5.56 Å². The molecule has 0 radical (unpaired) electrons. The molecule has 0 unspecified atom stereocenters. The SMILES string of the molecule is O=S(=O)(c1ccc(-c2ccco2)cc1)C1CC1. The molecule has 3 nitrogen and oxygen atoms in total. The summed E-state index contributed by atoms with van der Waals surface area (Å²) in [4.78, 5) is 0.412. The van der Waals surface area contributed by atoms with E-state index in [9.17, 15) is 8.42 Å². The Morgan fingerprint density at radius 1 is 1.06 bits per heavy atom. The van der Waals surface area contributed by atoms with Gasteiger partial charge in [-0.05, 0) is 49.2 Å². The van der Waals surface area contributed by atoms with Crippen LogP contribution in [0.3, 0.4) is 0 Å². The van der Waals surface area contributed by atoms with Crippen molar-refractivity contribution in [3.8, 4) is 11.3 Å². The first-order valence-corrected chi connectivity index (χ1v) is 7.10. The normalized spacial score (nSPS) is 16.0. The smallest absolute Gasteiger partial charge is 0.181 e. The number of hydrogen-bond acceptors (Lipinski definition) is 3. The van der Waals surface area contributed by atoms with Gasteiger partial charge in [0.05, 0.1) is 16.4 Å². The molecule has 0 amide bonds. The standard InChI is InChI=1S/C13H12O3S/c14-17(15,12-7-8-12)11-5-3-10(4-6-11)13-2-1-9-16-13/h1-6,9,12H,7-8H2. The van der Waals surface area contributed by atoms with E-state index in [2.05, 4.69) is 0 Å². The van der Waals surface area contributed by atoms with Gasteiger partial charge >= 0.3 is 0 Å². The Hall–Kier alpha value is -1.55. The molecule has 88 valence electrons. The average Bonchev–Trinajstić information content (AvgIpc) is 3.07. The molecule has 17 heavy (non-hydrogen) atoms. The number of furan rings is 1. The van der Waals surface area contributed by atoms with E-state index in [-0.39, 0.29) is 5.25 Å². The van der Waals surface area contributed by atoms with Crippen molar-refractivity contribution < 1.29 is 12.8 Å². The maximum atomic E-state index is 12.0. The molecule has 1 aromatic carbocycles. The van der Waals surface area contributed by atoms with E-state index >= 15 is 0 Å². The van der Waals surface area contributed by atoms with Crippen LogP contribution in [0.15, 0.2) is 52.0 Å². The molecule has 3 rings (SSSR count). The first-order chi connectivity index (χ1) is 8.18. The molecule has 0 aliphatic heterocycles. The van der Waals surface area contributed by atoms with Crippen molar-refractivity contribution in [2.24, 2.45) is 0 Å². The van der Waals surface area contributed by atoms with Crippen molar-refractivity contribution in [2.75, 3.05) is 0 Å². The van der Waals surface area contributed by atoms with Crippen molar-refractivity contribution in [1.29, 1.82) is 0 Å². The maximum absolute atomic E-state index is 12.0. The second kappa shape index (κ2) is 3.74. The monoisotopic (exact) mass is 248 g/mol. The summed E-state index contributed by atoms with van der Waals surface area (Å²) >= 11 is 0. The van der Waals surface area contributed by atoms with Crippen molar-refractivity contribution in [1.82, 2.24) is 0 Å². The Kier molecular flexibility index (Phi) is 2.33. The number of rotatable bonds is 3. The highest BCUT2D eigenvalue weighted by molar-refractivity contribution is 7.92. The summed E-state index contributed by atoms with van der Waals surface area (Å²) in [6.07, 6.45) is 3.19. The van der Waals surface area contributed by atoms with E-state index < -0.39 is 9.84 Å². The first-order valence-electron chi connectivity index (χ1n) is 5.56. The van der Waals surface area contributed by atoms with Crippen molar-refractivity contribution >= 4 is 9.84 Å². The molecule has 1 fully saturated rings. The molecule has 1 aliphatic rings. The second-order valence-electron chi connectivity index (χ2n) is 4.25. The molecule has 1 aliphatic carbocycles. The zero-order valence-electron chi connectivity index (χ0n) is 9.17. The molecule has 0 saturated heterocycles. The Labute approximate surface area is 100.0 Å². The molecule has 1 heterocycles. The third-order valence-electron chi connectivity index (χ3n) is 2.95. The first kappa shape index (κ1) is 10.6. The van der Waals surface area contributed by atoms with E-state index in [4.69, 9.17) is 4.42 Å². The molecule has 0 spiro atoms. The largest absolute Gasteiger partial charge is 0.464 e. The molecule has 1 aromatic heterocycles. The van der Waals surface area contributed by atoms with Gasteiger partial charge in [0.25, 0.3) is 0 Å². The van der Waals surface area contributed by atoms with Gasteiger partial charge in [-0.25, -0.2) is 8.42 Å². The molecular formula is C13H12O3S. The molecule has 1 saturated carbocycles. The second-order valence-corrected chi connectivity index (χ2v) is 6.47. The lowest BCUT2D eigenvalue weighted by molar-refractivity contribution is 0.582. The van der Waals surface area contributed by atoms with Gasteiger partial charge in [0.15, 0.2) is 9.84 Å². The minimum absolute atomic E-state index is 0.156. The van der Waals surface area contributed by atoms with Crippen LogP contribution in [0.2, 0.25) is 0 Å². The van der Waals surface area contributed by atoms with Gasteiger partial charge in [-0.3, -0.25) is 0 Å². The zero-order chi connectivity index (χ0) is 11.9. The third kappa shape index (κ3) is 1.89. The molecule has 4 heteroatoms. The van der Waals surface area contributed by atoms with Crippen LogP contribution in [0.25, 0.3) is 11.3 Å². The van der Waals surface area contributed by atoms with Gasteiger partial charge in [0.1, 0.15) is 5.76 Å². The van der Waals surface area contributed by atoms with Gasteiger partial charge < -0.3 is 4.42 Å². The Morgan fingerprint density at radius 3 is 2.29 bits per heavy atom. The fraction of sp³-hybridized carbons (Fsp3) is 0.231. The van der Waals surface area contributed by atoms with Crippen molar-refractivity contribution in [3.05, 3.63) is 42.7 Å². The van der Waals surface area contributed by atoms with Crippen molar-refractivity contribution in [3.63, 3.8) is 0 Å². The van der Waals surface area contributed by atoms with Gasteiger partial charge in [-0.1, -0.05) is 0 Å². The van der Waals surface area contributed by atoms with Gasteiger partial charge in [-0.2, -0.15) is 0 Å². The predicted octanol–water partition coefficient (Wildman–Crippen LogP) is 2.88. The number of benzene rings is 1. The fourth-order valence-corrected chi connectivity index (χ4v) is 3.48. The van der Waals surface area contributed by atoms with Crippen LogP contribution < -0.4 is 0 Å². The molecule has 0 N–H and O–H groups in total. The van der Waals surface area contributed by atoms with Crippen LogP contribution in [0.4, 0.5) is 0 Å². The quantitative estimate of drug-likeness (QED) is 0.839. The number of sulfone groups is 1. The van der Waals surface area contributed by atoms with E-state index in [0.717, 1.165) is 24.2 Å². The molecule has 0 atom stereocenters. The Balaban J connectivity index is 1.95. The highest BCUT2D eigenvalue weighted by Crippen LogP contribution is 2.34. The summed E-state index contributed by atoms with van der Waals surface area (Å²) < 4.78 is 29.2. The molecule has 0 bridgehead atoms. The lowest BCUT2D eigenvalue weighted by atomic mass is 10.2. The molecular weight excluding hydrogens is 236 g/mol. The van der Waals surface area contributed by atoms with Gasteiger partial charge in [-0.15, -0.1) is 0 Å². The average molecular weight is 248 g/mol. The van der Waals surface area contributed by atoms with Crippen LogP contribution in [0.1, 0.15) is 12.8 Å². The summed E-state index contributed by atoms with van der Waals surface area (Å²) in [5, 5.41) is -0.156. The fourth-order valence-electron chi connectivity index (χ4n) is 1.82. The van der Waals surface area contributed by atoms with Crippen LogP contribution >= 0.6 is 0 Å². The minimum atomic E-state index is -3.08. The topological polar surface area (TPSA) is 47.3 Å². The summed E-state index contributed by atoms with van der Waals surface area (Å²) in [5.41, 5.74) is 0.893. The highest BCUT2D eigenvalue weighted by Gasteiger charge is 2.36. The summed E-state index contributed by atoms with van der Waals surface area (Å²) in [6.45, 7) is 0. The van der Waals surface area contributed by atoms with E-state index in [1.807, 2.05) is 12.1 Å². The number of hydrogen-bond donors (Lipinski definition) is 0. The maximum Gasteiger partial charge on any atom is 0.181 e. The van der Waals surface area contributed by atoms with Crippen LogP contribution in [-0.4, -0.2) is 13.7 Å². The third-order valence-corrected chi connectivity index (χ3v) is 5.23.